The number of rotatable bonds is 6. The van der Waals surface area contributed by atoms with E-state index in [1.165, 1.54) is 92.3 Å². The molecular weight excluding hydrogens is 735 g/mol. The normalized spacial score (nSPS) is 27.8. The Kier molecular flexibility index (Phi) is 8.32. The molecule has 0 aromatic heterocycles. The third-order valence-corrected chi connectivity index (χ3v) is 16.4. The van der Waals surface area contributed by atoms with E-state index < -0.39 is 0 Å². The van der Waals surface area contributed by atoms with Gasteiger partial charge in [-0.25, -0.2) is 0 Å². The minimum atomic E-state index is -0.325. The van der Waals surface area contributed by atoms with Crippen LogP contribution in [0.15, 0.2) is 170 Å². The number of para-hydroxylation sites is 1. The summed E-state index contributed by atoms with van der Waals surface area (Å²) in [7, 11) is 0. The van der Waals surface area contributed by atoms with Crippen LogP contribution in [-0.2, 0) is 16.2 Å². The Morgan fingerprint density at radius 3 is 2.18 bits per heavy atom. The molecule has 1 nitrogen and oxygen atoms in total. The summed E-state index contributed by atoms with van der Waals surface area (Å²) >= 11 is 0. The van der Waals surface area contributed by atoms with Crippen molar-refractivity contribution in [2.75, 3.05) is 4.90 Å². The summed E-state index contributed by atoms with van der Waals surface area (Å²) in [6.07, 6.45) is 24.3. The lowest BCUT2D eigenvalue weighted by Gasteiger charge is -2.46. The summed E-state index contributed by atoms with van der Waals surface area (Å²) < 4.78 is 0. The van der Waals surface area contributed by atoms with Crippen LogP contribution in [0, 0.1) is 23.7 Å². The van der Waals surface area contributed by atoms with Gasteiger partial charge in [0.15, 0.2) is 0 Å². The lowest BCUT2D eigenvalue weighted by atomic mass is 9.59. The predicted octanol–water partition coefficient (Wildman–Crippen LogP) is 15.5. The topological polar surface area (TPSA) is 3.24 Å². The van der Waals surface area contributed by atoms with Crippen LogP contribution < -0.4 is 4.90 Å². The van der Waals surface area contributed by atoms with Gasteiger partial charge in [-0.3, -0.25) is 0 Å². The molecule has 13 rings (SSSR count). The molecule has 0 heterocycles. The van der Waals surface area contributed by atoms with Crippen molar-refractivity contribution >= 4 is 27.7 Å². The molecule has 0 aliphatic heterocycles. The minimum Gasteiger partial charge on any atom is -0.333 e. The lowest BCUT2D eigenvalue weighted by molar-refractivity contribution is 0.190. The summed E-state index contributed by atoms with van der Waals surface area (Å²) in [4.78, 5) is 2.68. The largest absolute Gasteiger partial charge is 0.333 e. The molecular formula is C60H57N. The predicted molar refractivity (Wildman–Crippen MR) is 258 cm³/mol. The van der Waals surface area contributed by atoms with E-state index in [9.17, 15) is 0 Å². The SMILES string of the molecule is CC(C)(C)c1ccc(N(c2ccccc2-c2cccc3cccc(C4=CC=CCC4)c23)C2C=CC=CC2(C)c2ccc3c(c2)C2(c4ccccc4-3)C3CC4CC(C3)C2C4)cc1. The zero-order valence-corrected chi connectivity index (χ0v) is 36.2. The van der Waals surface area contributed by atoms with Crippen LogP contribution in [0.2, 0.25) is 0 Å². The third kappa shape index (κ3) is 5.45. The first-order valence-electron chi connectivity index (χ1n) is 23.2. The number of hydrogen-bond donors (Lipinski definition) is 0. The molecule has 7 atom stereocenters. The Hall–Kier alpha value is -5.66. The molecule has 7 aliphatic rings. The summed E-state index contributed by atoms with van der Waals surface area (Å²) in [6, 6.07) is 49.8. The number of allylic oxidation sites excluding steroid dienone is 6. The quantitative estimate of drug-likeness (QED) is 0.162. The monoisotopic (exact) mass is 791 g/mol. The Balaban J connectivity index is 1.05. The van der Waals surface area contributed by atoms with Gasteiger partial charge in [-0.1, -0.05) is 172 Å². The number of anilines is 2. The molecule has 1 heteroatoms. The molecule has 0 N–H and O–H groups in total. The van der Waals surface area contributed by atoms with Crippen molar-refractivity contribution in [3.63, 3.8) is 0 Å². The number of nitrogens with zero attached hydrogens (tertiary/aromatic N) is 1. The molecule has 4 fully saturated rings. The molecule has 6 aromatic carbocycles. The molecule has 1 spiro atoms. The Labute approximate surface area is 363 Å². The Bertz CT molecular complexity index is 2850. The van der Waals surface area contributed by atoms with E-state index in [0.717, 1.165) is 36.5 Å². The first kappa shape index (κ1) is 37.1. The first-order chi connectivity index (χ1) is 29.7. The summed E-state index contributed by atoms with van der Waals surface area (Å²) in [5.41, 5.74) is 16.6. The van der Waals surface area contributed by atoms with Gasteiger partial charge in [-0.15, -0.1) is 0 Å². The lowest BCUT2D eigenvalue weighted by Crippen LogP contribution is -2.46. The van der Waals surface area contributed by atoms with Gasteiger partial charge in [0.25, 0.3) is 0 Å². The second kappa shape index (κ2) is 13.7. The first-order valence-corrected chi connectivity index (χ1v) is 23.2. The second-order valence-electron chi connectivity index (χ2n) is 20.6. The molecule has 7 aliphatic carbocycles. The van der Waals surface area contributed by atoms with Gasteiger partial charge in [0.05, 0.1) is 6.04 Å². The molecule has 61 heavy (non-hydrogen) atoms. The van der Waals surface area contributed by atoms with Crippen molar-refractivity contribution in [3.8, 4) is 22.3 Å². The number of hydrogen-bond acceptors (Lipinski definition) is 1. The van der Waals surface area contributed by atoms with Crippen LogP contribution in [-0.4, -0.2) is 6.04 Å². The van der Waals surface area contributed by atoms with Crippen molar-refractivity contribution in [1.82, 2.24) is 0 Å². The highest BCUT2D eigenvalue weighted by Crippen LogP contribution is 2.73. The van der Waals surface area contributed by atoms with E-state index in [0.29, 0.717) is 0 Å². The maximum atomic E-state index is 2.72. The van der Waals surface area contributed by atoms with Crippen molar-refractivity contribution < 1.29 is 0 Å². The average molecular weight is 792 g/mol. The third-order valence-electron chi connectivity index (χ3n) is 16.4. The van der Waals surface area contributed by atoms with Crippen molar-refractivity contribution in [2.24, 2.45) is 23.7 Å². The van der Waals surface area contributed by atoms with Gasteiger partial charge >= 0.3 is 0 Å². The molecule has 6 aromatic rings. The van der Waals surface area contributed by atoms with E-state index in [-0.39, 0.29) is 22.3 Å². The van der Waals surface area contributed by atoms with Crippen LogP contribution in [0.3, 0.4) is 0 Å². The van der Waals surface area contributed by atoms with Gasteiger partial charge in [0, 0.05) is 27.8 Å². The molecule has 0 saturated heterocycles. The fourth-order valence-electron chi connectivity index (χ4n) is 13.8. The van der Waals surface area contributed by atoms with Gasteiger partial charge in [0.2, 0.25) is 0 Å². The molecule has 4 bridgehead atoms. The Morgan fingerprint density at radius 1 is 0.639 bits per heavy atom. The molecule has 302 valence electrons. The van der Waals surface area contributed by atoms with Crippen LogP contribution >= 0.6 is 0 Å². The van der Waals surface area contributed by atoms with Crippen molar-refractivity contribution in [3.05, 3.63) is 198 Å². The van der Waals surface area contributed by atoms with Gasteiger partial charge < -0.3 is 4.90 Å². The maximum absolute atomic E-state index is 2.72. The molecule has 0 radical (unpaired) electrons. The standard InChI is InChI=1S/C60H57N/c1-58(2,3)43-27-30-46(31-28-43)61(55-25-11-9-21-50(55)51-23-15-19-41-18-14-22-47(57(41)51)40-16-6-5-7-17-40)56-26-12-13-33-59(56,4)44-29-32-49-48-20-8-10-24-52(48)60(54(49)38-44)45-35-39-34-42(37-45)53(60)36-39/h5-6,8-16,18-33,38-39,42,45,53,56H,7,17,34-37H2,1-4H3. The van der Waals surface area contributed by atoms with E-state index in [1.54, 1.807) is 11.1 Å². The summed E-state index contributed by atoms with van der Waals surface area (Å²) in [5, 5.41) is 2.63. The molecule has 0 amide bonds. The second-order valence-corrected chi connectivity index (χ2v) is 20.6. The number of benzene rings is 6. The van der Waals surface area contributed by atoms with E-state index >= 15 is 0 Å². The zero-order chi connectivity index (χ0) is 41.1. The molecule has 7 unspecified atom stereocenters. The zero-order valence-electron chi connectivity index (χ0n) is 36.2. The molecule has 4 saturated carbocycles. The number of fused-ring (bicyclic) bond motifs is 4. The van der Waals surface area contributed by atoms with E-state index in [1.807, 2.05) is 0 Å². The van der Waals surface area contributed by atoms with E-state index in [2.05, 4.69) is 203 Å². The van der Waals surface area contributed by atoms with Crippen LogP contribution in [0.4, 0.5) is 11.4 Å². The maximum Gasteiger partial charge on any atom is 0.0654 e. The van der Waals surface area contributed by atoms with Crippen molar-refractivity contribution in [1.29, 1.82) is 0 Å². The van der Waals surface area contributed by atoms with Crippen LogP contribution in [0.25, 0.3) is 38.6 Å². The minimum absolute atomic E-state index is 0.00782. The summed E-state index contributed by atoms with van der Waals surface area (Å²) in [6.45, 7) is 9.46. The van der Waals surface area contributed by atoms with Gasteiger partial charge in [-0.2, -0.15) is 0 Å². The van der Waals surface area contributed by atoms with Crippen molar-refractivity contribution in [2.45, 2.75) is 88.5 Å². The van der Waals surface area contributed by atoms with Gasteiger partial charge in [0.1, 0.15) is 0 Å². The van der Waals surface area contributed by atoms with Gasteiger partial charge in [-0.05, 0) is 154 Å². The average Bonchev–Trinajstić information content (AvgIpc) is 3.84. The fourth-order valence-corrected chi connectivity index (χ4v) is 13.8. The Morgan fingerprint density at radius 2 is 1.39 bits per heavy atom. The smallest absolute Gasteiger partial charge is 0.0654 e. The highest BCUT2D eigenvalue weighted by molar-refractivity contribution is 6.06. The fraction of sp³-hybridized carbons (Fsp3) is 0.300. The van der Waals surface area contributed by atoms with Crippen LogP contribution in [0.1, 0.15) is 94.0 Å². The highest BCUT2D eigenvalue weighted by atomic mass is 15.2. The summed E-state index contributed by atoms with van der Waals surface area (Å²) in [5.74, 6) is 3.30. The highest BCUT2D eigenvalue weighted by Gasteiger charge is 2.66. The van der Waals surface area contributed by atoms with E-state index in [4.69, 9.17) is 0 Å². The van der Waals surface area contributed by atoms with Crippen LogP contribution in [0.5, 0.6) is 0 Å².